The van der Waals surface area contributed by atoms with Crippen molar-refractivity contribution in [1.82, 2.24) is 0 Å². The Morgan fingerprint density at radius 3 is 2.60 bits per heavy atom. The van der Waals surface area contributed by atoms with Crippen molar-refractivity contribution in [2.45, 2.75) is 24.9 Å². The maximum atomic E-state index is 12.4. The van der Waals surface area contributed by atoms with E-state index in [1.807, 2.05) is 6.92 Å². The molecule has 2 unspecified atom stereocenters. The quantitative estimate of drug-likeness (QED) is 0.802. The number of carbonyl (C=O) groups is 2. The van der Waals surface area contributed by atoms with E-state index in [1.165, 1.54) is 12.1 Å². The highest BCUT2D eigenvalue weighted by Gasteiger charge is 2.21. The second kappa shape index (κ2) is 8.27. The highest BCUT2D eigenvalue weighted by Crippen LogP contribution is 2.20. The molecule has 0 heterocycles. The molecule has 0 bridgehead atoms. The van der Waals surface area contributed by atoms with Gasteiger partial charge >= 0.3 is 5.97 Å². The van der Waals surface area contributed by atoms with E-state index in [0.717, 1.165) is 5.56 Å². The highest BCUT2D eigenvalue weighted by atomic mass is 35.5. The number of nitrogens with one attached hydrogen (secondary N) is 1. The van der Waals surface area contributed by atoms with Crippen LogP contribution in [-0.2, 0) is 21.3 Å². The van der Waals surface area contributed by atoms with Crippen LogP contribution in [0.5, 0.6) is 0 Å². The monoisotopic (exact) mass is 379 g/mol. The van der Waals surface area contributed by atoms with Gasteiger partial charge in [-0.15, -0.1) is 0 Å². The van der Waals surface area contributed by atoms with Crippen LogP contribution in [-0.4, -0.2) is 26.4 Å². The minimum absolute atomic E-state index is 0.102. The number of halogens is 1. The van der Waals surface area contributed by atoms with Crippen LogP contribution in [0.1, 0.15) is 28.4 Å². The van der Waals surface area contributed by atoms with Gasteiger partial charge < -0.3 is 10.4 Å². The van der Waals surface area contributed by atoms with Gasteiger partial charge in [0.1, 0.15) is 5.25 Å². The fourth-order valence-corrected chi connectivity index (χ4v) is 3.35. The third kappa shape index (κ3) is 5.14. The first-order valence-electron chi connectivity index (χ1n) is 7.54. The van der Waals surface area contributed by atoms with Gasteiger partial charge in [-0.3, -0.25) is 9.00 Å². The zero-order chi connectivity index (χ0) is 18.6. The fraction of sp³-hybridized carbons (Fsp3) is 0.222. The standard InChI is InChI=1S/C18H18ClNO4S/c1-11-6-7-15(9-16(11)19)20-17(21)12(2)25(24)10-13-4-3-5-14(8-13)18(22)23/h3-9,12H,10H2,1-2H3,(H,20,21)(H,22,23). The lowest BCUT2D eigenvalue weighted by Gasteiger charge is -2.13. The number of amides is 1. The largest absolute Gasteiger partial charge is 0.478 e. The number of carboxylic acids is 1. The summed E-state index contributed by atoms with van der Waals surface area (Å²) in [6.07, 6.45) is 0. The van der Waals surface area contributed by atoms with Crippen molar-refractivity contribution < 1.29 is 18.9 Å². The first-order chi connectivity index (χ1) is 11.8. The molecule has 0 aromatic heterocycles. The Hall–Kier alpha value is -2.18. The minimum Gasteiger partial charge on any atom is -0.478 e. The molecule has 0 fully saturated rings. The van der Waals surface area contributed by atoms with E-state index in [0.29, 0.717) is 16.3 Å². The lowest BCUT2D eigenvalue weighted by molar-refractivity contribution is -0.115. The Balaban J connectivity index is 2.03. The number of carbonyl (C=O) groups excluding carboxylic acids is 1. The molecule has 2 aromatic rings. The van der Waals surface area contributed by atoms with Crippen LogP contribution in [0.15, 0.2) is 42.5 Å². The van der Waals surface area contributed by atoms with E-state index in [9.17, 15) is 13.8 Å². The number of carboxylic acid groups (broad SMARTS) is 1. The summed E-state index contributed by atoms with van der Waals surface area (Å²) in [5.74, 6) is -1.33. The average molecular weight is 380 g/mol. The van der Waals surface area contributed by atoms with Gasteiger partial charge in [-0.25, -0.2) is 4.79 Å². The van der Waals surface area contributed by atoms with Gasteiger partial charge in [0.15, 0.2) is 0 Å². The van der Waals surface area contributed by atoms with Gasteiger partial charge in [0.25, 0.3) is 0 Å². The molecule has 5 nitrogen and oxygen atoms in total. The van der Waals surface area contributed by atoms with E-state index >= 15 is 0 Å². The van der Waals surface area contributed by atoms with Gasteiger partial charge in [0.2, 0.25) is 5.91 Å². The number of aromatic carboxylic acids is 1. The molecule has 2 N–H and O–H groups in total. The van der Waals surface area contributed by atoms with Gasteiger partial charge in [0.05, 0.1) is 5.56 Å². The molecule has 2 aromatic carbocycles. The molecule has 132 valence electrons. The first kappa shape index (κ1) is 19.1. The average Bonchev–Trinajstić information content (AvgIpc) is 2.57. The van der Waals surface area contributed by atoms with Crippen molar-refractivity contribution in [1.29, 1.82) is 0 Å². The molecule has 0 aliphatic rings. The number of aryl methyl sites for hydroxylation is 1. The molecule has 7 heteroatoms. The smallest absolute Gasteiger partial charge is 0.335 e. The third-order valence-electron chi connectivity index (χ3n) is 3.69. The molecule has 25 heavy (non-hydrogen) atoms. The van der Waals surface area contributed by atoms with Crippen LogP contribution in [0.25, 0.3) is 0 Å². The summed E-state index contributed by atoms with van der Waals surface area (Å²) < 4.78 is 12.4. The van der Waals surface area contributed by atoms with E-state index in [4.69, 9.17) is 16.7 Å². The Labute approximate surface area is 153 Å². The Kier molecular flexibility index (Phi) is 6.33. The Morgan fingerprint density at radius 1 is 1.24 bits per heavy atom. The molecule has 0 spiro atoms. The zero-order valence-electron chi connectivity index (χ0n) is 13.8. The SMILES string of the molecule is Cc1ccc(NC(=O)C(C)S(=O)Cc2cccc(C(=O)O)c2)cc1Cl. The van der Waals surface area contributed by atoms with E-state index < -0.39 is 22.0 Å². The highest BCUT2D eigenvalue weighted by molar-refractivity contribution is 7.85. The summed E-state index contributed by atoms with van der Waals surface area (Å²) in [6, 6.07) is 11.4. The summed E-state index contributed by atoms with van der Waals surface area (Å²) in [5, 5.41) is 11.5. The van der Waals surface area contributed by atoms with Crippen LogP contribution in [0.3, 0.4) is 0 Å². The molecule has 0 saturated heterocycles. The third-order valence-corrected chi connectivity index (χ3v) is 5.71. The number of benzene rings is 2. The van der Waals surface area contributed by atoms with Gasteiger partial charge in [-0.05, 0) is 49.2 Å². The molecule has 0 saturated carbocycles. The van der Waals surface area contributed by atoms with Crippen molar-refractivity contribution in [2.75, 3.05) is 5.32 Å². The Bertz CT molecular complexity index is 838. The lowest BCUT2D eigenvalue weighted by Crippen LogP contribution is -2.29. The maximum Gasteiger partial charge on any atom is 0.335 e. The van der Waals surface area contributed by atoms with Crippen LogP contribution in [0.4, 0.5) is 5.69 Å². The molecule has 0 aliphatic carbocycles. The predicted molar refractivity (Wildman–Crippen MR) is 99.5 cm³/mol. The molecular formula is C18H18ClNO4S. The van der Waals surface area contributed by atoms with Crippen LogP contribution < -0.4 is 5.32 Å². The van der Waals surface area contributed by atoms with Crippen LogP contribution in [0.2, 0.25) is 5.02 Å². The number of hydrogen-bond donors (Lipinski definition) is 2. The zero-order valence-corrected chi connectivity index (χ0v) is 15.4. The summed E-state index contributed by atoms with van der Waals surface area (Å²) >= 11 is 6.03. The maximum absolute atomic E-state index is 12.4. The van der Waals surface area contributed by atoms with Gasteiger partial charge in [-0.2, -0.15) is 0 Å². The van der Waals surface area contributed by atoms with Crippen molar-refractivity contribution in [3.63, 3.8) is 0 Å². The number of rotatable bonds is 6. The second-order valence-electron chi connectivity index (χ2n) is 5.63. The summed E-state index contributed by atoms with van der Waals surface area (Å²) in [5.41, 5.74) is 2.17. The minimum atomic E-state index is -1.49. The molecule has 2 rings (SSSR count). The number of anilines is 1. The van der Waals surface area contributed by atoms with Gasteiger partial charge in [-0.1, -0.05) is 29.8 Å². The summed E-state index contributed by atoms with van der Waals surface area (Å²) in [4.78, 5) is 23.3. The number of hydrogen-bond acceptors (Lipinski definition) is 3. The van der Waals surface area contributed by atoms with Crippen LogP contribution >= 0.6 is 11.6 Å². The van der Waals surface area contributed by atoms with Crippen molar-refractivity contribution in [3.05, 3.63) is 64.2 Å². The fourth-order valence-electron chi connectivity index (χ4n) is 2.12. The van der Waals surface area contributed by atoms with Crippen molar-refractivity contribution >= 4 is 40.0 Å². The van der Waals surface area contributed by atoms with Crippen molar-refractivity contribution in [2.24, 2.45) is 0 Å². The van der Waals surface area contributed by atoms with E-state index in [-0.39, 0.29) is 17.2 Å². The molecule has 2 atom stereocenters. The predicted octanol–water partition coefficient (Wildman–Crippen LogP) is 3.62. The van der Waals surface area contributed by atoms with E-state index in [2.05, 4.69) is 5.32 Å². The molecule has 0 aliphatic heterocycles. The normalized spacial score (nSPS) is 13.1. The first-order valence-corrected chi connectivity index (χ1v) is 9.30. The van der Waals surface area contributed by atoms with Gasteiger partial charge in [0, 0.05) is 27.3 Å². The molecular weight excluding hydrogens is 362 g/mol. The van der Waals surface area contributed by atoms with Crippen LogP contribution in [0, 0.1) is 6.92 Å². The van der Waals surface area contributed by atoms with E-state index in [1.54, 1.807) is 37.3 Å². The topological polar surface area (TPSA) is 83.5 Å². The Morgan fingerprint density at radius 2 is 1.96 bits per heavy atom. The second-order valence-corrected chi connectivity index (χ2v) is 7.79. The van der Waals surface area contributed by atoms with Crippen molar-refractivity contribution in [3.8, 4) is 0 Å². The summed E-state index contributed by atoms with van der Waals surface area (Å²) in [6.45, 7) is 3.43. The molecule has 0 radical (unpaired) electrons. The molecule has 1 amide bonds. The lowest BCUT2D eigenvalue weighted by atomic mass is 10.1. The summed E-state index contributed by atoms with van der Waals surface area (Å²) in [7, 11) is -1.49.